The number of esters is 1. The van der Waals surface area contributed by atoms with Gasteiger partial charge in [0, 0.05) is 23.9 Å². The maximum absolute atomic E-state index is 11.3. The number of hydrogen-bond donors (Lipinski definition) is 1. The molecule has 0 aliphatic heterocycles. The van der Waals surface area contributed by atoms with E-state index >= 15 is 0 Å². The third-order valence-electron chi connectivity index (χ3n) is 4.54. The van der Waals surface area contributed by atoms with Crippen molar-refractivity contribution in [2.45, 2.75) is 39.0 Å². The molecule has 0 aliphatic carbocycles. The smallest absolute Gasteiger partial charge is 0.305 e. The molecule has 0 aliphatic rings. The molecule has 3 rings (SSSR count). The van der Waals surface area contributed by atoms with Gasteiger partial charge in [0.15, 0.2) is 0 Å². The normalized spacial score (nSPS) is 10.9. The number of carbonyl (C=O) groups excluding carboxylic acids is 1. The van der Waals surface area contributed by atoms with Crippen LogP contribution in [0.3, 0.4) is 0 Å². The van der Waals surface area contributed by atoms with Crippen LogP contribution in [0.4, 0.5) is 5.69 Å². The first-order chi connectivity index (χ1) is 13.7. The number of rotatable bonds is 10. The summed E-state index contributed by atoms with van der Waals surface area (Å²) in [7, 11) is 0. The van der Waals surface area contributed by atoms with Crippen LogP contribution in [0.1, 0.15) is 39.0 Å². The van der Waals surface area contributed by atoms with Gasteiger partial charge in [0.2, 0.25) is 0 Å². The Kier molecular flexibility index (Phi) is 6.89. The fourth-order valence-corrected chi connectivity index (χ4v) is 3.07. The molecule has 1 aromatic heterocycles. The van der Waals surface area contributed by atoms with Crippen molar-refractivity contribution in [3.8, 4) is 11.4 Å². The number of hydrogen-bond acceptors (Lipinski definition) is 5. The summed E-state index contributed by atoms with van der Waals surface area (Å²) >= 11 is 0. The minimum atomic E-state index is -0.106. The van der Waals surface area contributed by atoms with Crippen molar-refractivity contribution in [1.29, 1.82) is 0 Å². The number of aromatic nitrogens is 2. The predicted molar refractivity (Wildman–Crippen MR) is 111 cm³/mol. The van der Waals surface area contributed by atoms with Crippen LogP contribution in [0.15, 0.2) is 48.8 Å². The number of nitrogens with two attached hydrogens (primary N) is 1. The molecule has 28 heavy (non-hydrogen) atoms. The number of anilines is 1. The molecular weight excluding hydrogens is 354 g/mol. The molecule has 0 saturated heterocycles. The summed E-state index contributed by atoms with van der Waals surface area (Å²) in [6, 6.07) is 13.7. The second kappa shape index (κ2) is 9.78. The molecule has 0 amide bonds. The lowest BCUT2D eigenvalue weighted by Gasteiger charge is -2.08. The molecule has 6 heteroatoms. The minimum Gasteiger partial charge on any atom is -0.494 e. The van der Waals surface area contributed by atoms with Crippen molar-refractivity contribution in [3.05, 3.63) is 48.8 Å². The topological polar surface area (TPSA) is 79.4 Å². The molecule has 6 nitrogen and oxygen atoms in total. The fourth-order valence-electron chi connectivity index (χ4n) is 3.07. The zero-order valence-electron chi connectivity index (χ0n) is 16.3. The first kappa shape index (κ1) is 19.7. The lowest BCUT2D eigenvalue weighted by molar-refractivity contribution is -0.143. The number of fused-ring (bicyclic) bond motifs is 1. The van der Waals surface area contributed by atoms with E-state index in [1.54, 1.807) is 0 Å². The number of ether oxygens (including phenoxy) is 2. The Hall–Kier alpha value is -3.02. The average Bonchev–Trinajstić information content (AvgIpc) is 3.11. The van der Waals surface area contributed by atoms with Crippen LogP contribution >= 0.6 is 0 Å². The largest absolute Gasteiger partial charge is 0.494 e. The Morgan fingerprint density at radius 1 is 1.07 bits per heavy atom. The Balaban J connectivity index is 1.46. The van der Waals surface area contributed by atoms with Crippen LogP contribution in [0.25, 0.3) is 16.7 Å². The second-order valence-electron chi connectivity index (χ2n) is 6.67. The lowest BCUT2D eigenvalue weighted by atomic mass is 10.1. The Morgan fingerprint density at radius 2 is 1.86 bits per heavy atom. The van der Waals surface area contributed by atoms with Crippen molar-refractivity contribution < 1.29 is 14.3 Å². The van der Waals surface area contributed by atoms with E-state index in [0.29, 0.717) is 19.6 Å². The van der Waals surface area contributed by atoms with Gasteiger partial charge in [0.1, 0.15) is 12.1 Å². The van der Waals surface area contributed by atoms with Gasteiger partial charge in [-0.3, -0.25) is 9.36 Å². The van der Waals surface area contributed by atoms with Gasteiger partial charge in [0.25, 0.3) is 0 Å². The highest BCUT2D eigenvalue weighted by atomic mass is 16.5. The van der Waals surface area contributed by atoms with E-state index in [9.17, 15) is 4.79 Å². The molecular formula is C22H27N3O3. The van der Waals surface area contributed by atoms with E-state index < -0.39 is 0 Å². The van der Waals surface area contributed by atoms with Gasteiger partial charge in [0.05, 0.1) is 24.2 Å². The summed E-state index contributed by atoms with van der Waals surface area (Å²) in [4.78, 5) is 15.8. The highest BCUT2D eigenvalue weighted by Gasteiger charge is 2.06. The molecule has 3 aromatic rings. The van der Waals surface area contributed by atoms with Gasteiger partial charge >= 0.3 is 5.97 Å². The van der Waals surface area contributed by atoms with Crippen LogP contribution in [0.2, 0.25) is 0 Å². The third-order valence-corrected chi connectivity index (χ3v) is 4.54. The standard InChI is InChI=1S/C22H27N3O3/c1-2-27-22(26)7-5-3-4-6-14-28-19-12-13-21-20(15-19)24-16-25(21)18-10-8-17(23)9-11-18/h8-13,15-16H,2-7,14,23H2,1H3. The first-order valence-corrected chi connectivity index (χ1v) is 9.79. The Bertz CT molecular complexity index is 903. The zero-order valence-corrected chi connectivity index (χ0v) is 16.3. The number of unbranched alkanes of at least 4 members (excludes halogenated alkanes) is 3. The van der Waals surface area contributed by atoms with Gasteiger partial charge < -0.3 is 15.2 Å². The SMILES string of the molecule is CCOC(=O)CCCCCCOc1ccc2c(c1)ncn2-c1ccc(N)cc1. The monoisotopic (exact) mass is 381 g/mol. The number of carbonyl (C=O) groups is 1. The minimum absolute atomic E-state index is 0.106. The van der Waals surface area contributed by atoms with E-state index in [0.717, 1.165) is 53.8 Å². The predicted octanol–water partition coefficient (Wildman–Crippen LogP) is 4.50. The van der Waals surface area contributed by atoms with Crippen LogP contribution in [0.5, 0.6) is 5.75 Å². The molecule has 0 fully saturated rings. The summed E-state index contributed by atoms with van der Waals surface area (Å²) in [5, 5.41) is 0. The average molecular weight is 381 g/mol. The molecule has 0 bridgehead atoms. The second-order valence-corrected chi connectivity index (χ2v) is 6.67. The summed E-state index contributed by atoms with van der Waals surface area (Å²) in [6.45, 7) is 2.94. The molecule has 148 valence electrons. The van der Waals surface area contributed by atoms with Crippen LogP contribution in [0, 0.1) is 0 Å². The molecule has 0 saturated carbocycles. The summed E-state index contributed by atoms with van der Waals surface area (Å²) in [5.41, 5.74) is 9.44. The number of benzene rings is 2. The summed E-state index contributed by atoms with van der Waals surface area (Å²) in [5.74, 6) is 0.715. The van der Waals surface area contributed by atoms with Crippen LogP contribution < -0.4 is 10.5 Å². The Morgan fingerprint density at radius 3 is 2.64 bits per heavy atom. The van der Waals surface area contributed by atoms with Crippen molar-refractivity contribution in [3.63, 3.8) is 0 Å². The lowest BCUT2D eigenvalue weighted by Crippen LogP contribution is -2.03. The highest BCUT2D eigenvalue weighted by molar-refractivity contribution is 5.79. The molecule has 2 aromatic carbocycles. The zero-order chi connectivity index (χ0) is 19.8. The summed E-state index contributed by atoms with van der Waals surface area (Å²) in [6.07, 6.45) is 6.18. The Labute approximate surface area is 165 Å². The fraction of sp³-hybridized carbons (Fsp3) is 0.364. The molecule has 0 atom stereocenters. The third kappa shape index (κ3) is 5.25. The first-order valence-electron chi connectivity index (χ1n) is 9.79. The van der Waals surface area contributed by atoms with Crippen molar-refractivity contribution in [2.75, 3.05) is 18.9 Å². The number of nitrogens with zero attached hydrogens (tertiary/aromatic N) is 2. The number of imidazole rings is 1. The van der Waals surface area contributed by atoms with Gasteiger partial charge in [-0.1, -0.05) is 12.8 Å². The quantitative estimate of drug-likeness (QED) is 0.318. The van der Waals surface area contributed by atoms with Gasteiger partial charge in [-0.2, -0.15) is 0 Å². The highest BCUT2D eigenvalue weighted by Crippen LogP contribution is 2.23. The van der Waals surface area contributed by atoms with Gasteiger partial charge in [-0.15, -0.1) is 0 Å². The van der Waals surface area contributed by atoms with E-state index in [1.165, 1.54) is 0 Å². The molecule has 1 heterocycles. The maximum Gasteiger partial charge on any atom is 0.305 e. The molecule has 2 N–H and O–H groups in total. The van der Waals surface area contributed by atoms with E-state index in [1.807, 2.05) is 60.3 Å². The van der Waals surface area contributed by atoms with Gasteiger partial charge in [-0.05, 0) is 56.2 Å². The summed E-state index contributed by atoms with van der Waals surface area (Å²) < 4.78 is 12.8. The van der Waals surface area contributed by atoms with Crippen molar-refractivity contribution >= 4 is 22.7 Å². The maximum atomic E-state index is 11.3. The van der Waals surface area contributed by atoms with E-state index in [4.69, 9.17) is 15.2 Å². The van der Waals surface area contributed by atoms with E-state index in [-0.39, 0.29) is 5.97 Å². The van der Waals surface area contributed by atoms with E-state index in [2.05, 4.69) is 4.98 Å². The van der Waals surface area contributed by atoms with Crippen LogP contribution in [-0.4, -0.2) is 28.7 Å². The molecule has 0 radical (unpaired) electrons. The molecule has 0 unspecified atom stereocenters. The van der Waals surface area contributed by atoms with Crippen molar-refractivity contribution in [2.24, 2.45) is 0 Å². The van der Waals surface area contributed by atoms with Gasteiger partial charge in [-0.25, -0.2) is 4.98 Å². The number of nitrogen functional groups attached to an aromatic ring is 1. The van der Waals surface area contributed by atoms with Crippen molar-refractivity contribution in [1.82, 2.24) is 9.55 Å². The molecule has 0 spiro atoms. The van der Waals surface area contributed by atoms with Crippen LogP contribution in [-0.2, 0) is 9.53 Å².